The van der Waals surface area contributed by atoms with Crippen LogP contribution in [0.4, 0.5) is 0 Å². The molecule has 2 rings (SSSR count). The number of benzene rings is 1. The van der Waals surface area contributed by atoms with Crippen LogP contribution in [0.25, 0.3) is 11.8 Å². The van der Waals surface area contributed by atoms with E-state index in [0.29, 0.717) is 0 Å². The first-order chi connectivity index (χ1) is 7.20. The maximum atomic E-state index is 4.22. The van der Waals surface area contributed by atoms with E-state index < -0.39 is 0 Å². The molecule has 1 aromatic heterocycles. The van der Waals surface area contributed by atoms with Gasteiger partial charge >= 0.3 is 0 Å². The minimum atomic E-state index is 0.898. The Labute approximate surface area is 89.9 Å². The molecule has 0 amide bonds. The minimum Gasteiger partial charge on any atom is -0.305 e. The Morgan fingerprint density at radius 3 is 2.73 bits per heavy atom. The third-order valence-corrected chi connectivity index (χ3v) is 2.44. The molecule has 2 aromatic rings. The number of aryl methyl sites for hydroxylation is 2. The molecule has 0 N–H and O–H groups in total. The van der Waals surface area contributed by atoms with Crippen LogP contribution < -0.4 is 0 Å². The predicted molar refractivity (Wildman–Crippen MR) is 63.1 cm³/mol. The van der Waals surface area contributed by atoms with Crippen LogP contribution in [-0.2, 0) is 0 Å². The number of hydrogen-bond acceptors (Lipinski definition) is 1. The Morgan fingerprint density at radius 1 is 1.33 bits per heavy atom. The Hall–Kier alpha value is -1.83. The summed E-state index contributed by atoms with van der Waals surface area (Å²) in [6.45, 7) is 7.90. The molecule has 76 valence electrons. The average Bonchev–Trinajstić information content (AvgIpc) is 2.66. The van der Waals surface area contributed by atoms with Crippen LogP contribution in [-0.4, -0.2) is 9.55 Å². The summed E-state index contributed by atoms with van der Waals surface area (Å²) in [7, 11) is 0. The molecule has 1 aromatic carbocycles. The van der Waals surface area contributed by atoms with E-state index in [1.54, 1.807) is 6.08 Å². The molecule has 0 saturated carbocycles. The molecule has 0 fully saturated rings. The second-order valence-corrected chi connectivity index (χ2v) is 3.70. The largest absolute Gasteiger partial charge is 0.305 e. The normalized spacial score (nSPS) is 10.3. The van der Waals surface area contributed by atoms with Gasteiger partial charge in [0.05, 0.1) is 12.0 Å². The zero-order chi connectivity index (χ0) is 10.8. The van der Waals surface area contributed by atoms with Gasteiger partial charge in [-0.1, -0.05) is 24.3 Å². The van der Waals surface area contributed by atoms with Gasteiger partial charge in [-0.2, -0.15) is 0 Å². The quantitative estimate of drug-likeness (QED) is 0.725. The highest BCUT2D eigenvalue weighted by molar-refractivity contribution is 5.46. The van der Waals surface area contributed by atoms with E-state index in [1.165, 1.54) is 16.8 Å². The summed E-state index contributed by atoms with van der Waals surface area (Å²) in [4.78, 5) is 4.22. The van der Waals surface area contributed by atoms with Gasteiger partial charge in [-0.25, -0.2) is 4.98 Å². The van der Waals surface area contributed by atoms with E-state index >= 15 is 0 Å². The smallest absolute Gasteiger partial charge is 0.0999 e. The van der Waals surface area contributed by atoms with Crippen molar-refractivity contribution in [3.05, 3.63) is 54.1 Å². The SMILES string of the molecule is C=Cc1cn(-c2ccc(C)cc2C)cn1. The van der Waals surface area contributed by atoms with Crippen molar-refractivity contribution in [3.8, 4) is 5.69 Å². The van der Waals surface area contributed by atoms with Crippen LogP contribution in [0, 0.1) is 13.8 Å². The Balaban J connectivity index is 2.49. The summed E-state index contributed by atoms with van der Waals surface area (Å²) >= 11 is 0. The molecule has 15 heavy (non-hydrogen) atoms. The Kier molecular flexibility index (Phi) is 2.42. The van der Waals surface area contributed by atoms with Gasteiger partial charge in [0, 0.05) is 11.9 Å². The Morgan fingerprint density at radius 2 is 2.13 bits per heavy atom. The van der Waals surface area contributed by atoms with Gasteiger partial charge < -0.3 is 4.57 Å². The number of hydrogen-bond donors (Lipinski definition) is 0. The van der Waals surface area contributed by atoms with Gasteiger partial charge in [-0.3, -0.25) is 0 Å². The van der Waals surface area contributed by atoms with Crippen molar-refractivity contribution < 1.29 is 0 Å². The number of aromatic nitrogens is 2. The molecule has 0 aliphatic heterocycles. The summed E-state index contributed by atoms with van der Waals surface area (Å²) in [6, 6.07) is 6.39. The van der Waals surface area contributed by atoms with Gasteiger partial charge in [-0.05, 0) is 31.6 Å². The van der Waals surface area contributed by atoms with Gasteiger partial charge in [0.2, 0.25) is 0 Å². The molecule has 0 saturated heterocycles. The summed E-state index contributed by atoms with van der Waals surface area (Å²) in [5, 5.41) is 0. The number of rotatable bonds is 2. The molecule has 0 aliphatic rings. The first-order valence-corrected chi connectivity index (χ1v) is 4.95. The fraction of sp³-hybridized carbons (Fsp3) is 0.154. The van der Waals surface area contributed by atoms with E-state index in [-0.39, 0.29) is 0 Å². The van der Waals surface area contributed by atoms with Crippen molar-refractivity contribution in [2.75, 3.05) is 0 Å². The van der Waals surface area contributed by atoms with E-state index in [9.17, 15) is 0 Å². The first-order valence-electron chi connectivity index (χ1n) is 4.95. The molecule has 0 spiro atoms. The summed E-state index contributed by atoms with van der Waals surface area (Å²) < 4.78 is 2.02. The monoisotopic (exact) mass is 198 g/mol. The summed E-state index contributed by atoms with van der Waals surface area (Å²) in [5.74, 6) is 0. The van der Waals surface area contributed by atoms with Crippen LogP contribution >= 0.6 is 0 Å². The van der Waals surface area contributed by atoms with Crippen molar-refractivity contribution in [1.29, 1.82) is 0 Å². The van der Waals surface area contributed by atoms with Crippen molar-refractivity contribution in [1.82, 2.24) is 9.55 Å². The maximum absolute atomic E-state index is 4.22. The van der Waals surface area contributed by atoms with Crippen molar-refractivity contribution in [3.63, 3.8) is 0 Å². The van der Waals surface area contributed by atoms with Crippen molar-refractivity contribution in [2.24, 2.45) is 0 Å². The lowest BCUT2D eigenvalue weighted by Crippen LogP contribution is -1.93. The number of nitrogens with zero attached hydrogens (tertiary/aromatic N) is 2. The van der Waals surface area contributed by atoms with Crippen LogP contribution in [0.5, 0.6) is 0 Å². The van der Waals surface area contributed by atoms with Crippen molar-refractivity contribution in [2.45, 2.75) is 13.8 Å². The lowest BCUT2D eigenvalue weighted by molar-refractivity contribution is 1.04. The topological polar surface area (TPSA) is 17.8 Å². The molecule has 1 heterocycles. The fourth-order valence-electron chi connectivity index (χ4n) is 1.67. The van der Waals surface area contributed by atoms with Gasteiger partial charge in [0.1, 0.15) is 0 Å². The molecule has 2 heteroatoms. The van der Waals surface area contributed by atoms with Crippen LogP contribution in [0.1, 0.15) is 16.8 Å². The summed E-state index contributed by atoms with van der Waals surface area (Å²) in [5.41, 5.74) is 4.60. The molecular formula is C13H14N2. The second-order valence-electron chi connectivity index (χ2n) is 3.70. The predicted octanol–water partition coefficient (Wildman–Crippen LogP) is 3.13. The second kappa shape index (κ2) is 3.73. The average molecular weight is 198 g/mol. The highest BCUT2D eigenvalue weighted by Gasteiger charge is 2.01. The molecule has 0 radical (unpaired) electrons. The van der Waals surface area contributed by atoms with Crippen LogP contribution in [0.3, 0.4) is 0 Å². The fourth-order valence-corrected chi connectivity index (χ4v) is 1.67. The van der Waals surface area contributed by atoms with Gasteiger partial charge in [0.25, 0.3) is 0 Å². The number of imidazole rings is 1. The lowest BCUT2D eigenvalue weighted by Gasteiger charge is -2.06. The zero-order valence-corrected chi connectivity index (χ0v) is 9.07. The highest BCUT2D eigenvalue weighted by Crippen LogP contribution is 2.16. The minimum absolute atomic E-state index is 0.898. The van der Waals surface area contributed by atoms with E-state index in [2.05, 4.69) is 43.6 Å². The van der Waals surface area contributed by atoms with E-state index in [1.807, 2.05) is 17.1 Å². The molecule has 0 atom stereocenters. The molecular weight excluding hydrogens is 184 g/mol. The lowest BCUT2D eigenvalue weighted by atomic mass is 10.1. The molecule has 0 aliphatic carbocycles. The third kappa shape index (κ3) is 1.84. The van der Waals surface area contributed by atoms with Gasteiger partial charge in [0.15, 0.2) is 0 Å². The van der Waals surface area contributed by atoms with Gasteiger partial charge in [-0.15, -0.1) is 0 Å². The molecule has 2 nitrogen and oxygen atoms in total. The summed E-state index contributed by atoms with van der Waals surface area (Å²) in [6.07, 6.45) is 5.54. The third-order valence-electron chi connectivity index (χ3n) is 2.44. The standard InChI is InChI=1S/C13H14N2/c1-4-12-8-15(9-14-12)13-6-5-10(2)7-11(13)3/h4-9H,1H2,2-3H3. The van der Waals surface area contributed by atoms with E-state index in [0.717, 1.165) is 5.69 Å². The Bertz CT molecular complexity index is 495. The van der Waals surface area contributed by atoms with Crippen molar-refractivity contribution >= 4 is 6.08 Å². The zero-order valence-electron chi connectivity index (χ0n) is 9.07. The maximum Gasteiger partial charge on any atom is 0.0999 e. The van der Waals surface area contributed by atoms with E-state index in [4.69, 9.17) is 0 Å². The first kappa shape index (κ1) is 9.71. The highest BCUT2D eigenvalue weighted by atomic mass is 15.0. The molecule has 0 bridgehead atoms. The van der Waals surface area contributed by atoms with Crippen LogP contribution in [0.15, 0.2) is 37.3 Å². The molecule has 0 unspecified atom stereocenters. The van der Waals surface area contributed by atoms with Crippen LogP contribution in [0.2, 0.25) is 0 Å².